The molecule has 4 amide bonds. The molecule has 14 heteroatoms. The van der Waals surface area contributed by atoms with E-state index in [1.165, 1.54) is 15.9 Å². The van der Waals surface area contributed by atoms with Crippen LogP contribution >= 0.6 is 0 Å². The molecule has 0 bridgehead atoms. The minimum Gasteiger partial charge on any atom is -0.446 e. The third-order valence-electron chi connectivity index (χ3n) is 8.57. The van der Waals surface area contributed by atoms with Crippen LogP contribution in [0, 0.1) is 11.2 Å². The summed E-state index contributed by atoms with van der Waals surface area (Å²) in [6.07, 6.45) is 1.35. The molecule has 0 unspecified atom stereocenters. The van der Waals surface area contributed by atoms with E-state index in [9.17, 15) is 28.6 Å². The van der Waals surface area contributed by atoms with Gasteiger partial charge in [0.05, 0.1) is 19.7 Å². The van der Waals surface area contributed by atoms with Crippen molar-refractivity contribution in [1.29, 1.82) is 0 Å². The third-order valence-corrected chi connectivity index (χ3v) is 8.57. The summed E-state index contributed by atoms with van der Waals surface area (Å²) >= 11 is 0. The van der Waals surface area contributed by atoms with Gasteiger partial charge in [-0.3, -0.25) is 14.5 Å². The van der Waals surface area contributed by atoms with E-state index in [-0.39, 0.29) is 45.1 Å². The normalized spacial score (nSPS) is 24.6. The van der Waals surface area contributed by atoms with E-state index < -0.39 is 66.6 Å². The standard InChI is InChI=1S/C29H40BFN4O8/c1-29(2,3)24(33-27(38)42-19-8-4-5-9-19)26(37)35-14-20(11-23(35)25(36)32-18-12-30(40)41-16-18)43-28(39)34-13-17-7-6-10-22(31)21(17)15-34/h6-7,10,18-20,23-24,40H,4-5,8-9,11-16H2,1-3H3,(H,32,36)(H,33,38)/t18-,20-,23+,24-/m1/s1. The van der Waals surface area contributed by atoms with Gasteiger partial charge < -0.3 is 34.7 Å². The number of rotatable bonds is 6. The van der Waals surface area contributed by atoms with Crippen molar-refractivity contribution >= 4 is 31.1 Å². The van der Waals surface area contributed by atoms with E-state index in [1.54, 1.807) is 32.9 Å². The van der Waals surface area contributed by atoms with Crippen molar-refractivity contribution in [2.45, 2.75) is 103 Å². The van der Waals surface area contributed by atoms with Gasteiger partial charge in [0, 0.05) is 30.9 Å². The number of nitrogens with one attached hydrogen (secondary N) is 2. The molecule has 3 heterocycles. The molecule has 4 atom stereocenters. The van der Waals surface area contributed by atoms with Crippen LogP contribution in [0.5, 0.6) is 0 Å². The van der Waals surface area contributed by atoms with Crippen LogP contribution in [0.15, 0.2) is 18.2 Å². The van der Waals surface area contributed by atoms with Crippen LogP contribution in [0.25, 0.3) is 0 Å². The number of halogens is 1. The van der Waals surface area contributed by atoms with E-state index in [4.69, 9.17) is 14.1 Å². The third kappa shape index (κ3) is 7.23. The number of hydrogen-bond acceptors (Lipinski definition) is 8. The van der Waals surface area contributed by atoms with Crippen LogP contribution in [-0.2, 0) is 36.8 Å². The van der Waals surface area contributed by atoms with Crippen LogP contribution in [0.2, 0.25) is 6.32 Å². The van der Waals surface area contributed by atoms with Crippen molar-refractivity contribution in [3.8, 4) is 0 Å². The van der Waals surface area contributed by atoms with Gasteiger partial charge >= 0.3 is 19.3 Å². The number of carbonyl (C=O) groups is 4. The first-order valence-electron chi connectivity index (χ1n) is 15.0. The monoisotopic (exact) mass is 602 g/mol. The van der Waals surface area contributed by atoms with Gasteiger partial charge in [0.1, 0.15) is 30.1 Å². The van der Waals surface area contributed by atoms with Gasteiger partial charge in [0.2, 0.25) is 11.8 Å². The fourth-order valence-corrected chi connectivity index (χ4v) is 6.23. The molecule has 3 fully saturated rings. The summed E-state index contributed by atoms with van der Waals surface area (Å²) in [4.78, 5) is 56.2. The summed E-state index contributed by atoms with van der Waals surface area (Å²) in [5.41, 5.74) is 0.391. The van der Waals surface area contributed by atoms with Gasteiger partial charge in [-0.25, -0.2) is 14.0 Å². The van der Waals surface area contributed by atoms with Crippen molar-refractivity contribution in [2.24, 2.45) is 5.41 Å². The predicted octanol–water partition coefficient (Wildman–Crippen LogP) is 2.33. The molecule has 1 aromatic carbocycles. The van der Waals surface area contributed by atoms with Crippen LogP contribution in [-0.4, -0.2) is 89.4 Å². The van der Waals surface area contributed by atoms with Crippen LogP contribution in [0.3, 0.4) is 0 Å². The number of benzene rings is 1. The Hall–Kier alpha value is -3.39. The van der Waals surface area contributed by atoms with E-state index in [0.717, 1.165) is 25.7 Å². The highest BCUT2D eigenvalue weighted by molar-refractivity contribution is 6.43. The van der Waals surface area contributed by atoms with Crippen LogP contribution < -0.4 is 10.6 Å². The van der Waals surface area contributed by atoms with Crippen molar-refractivity contribution in [3.05, 3.63) is 35.1 Å². The molecule has 4 aliphatic rings. The van der Waals surface area contributed by atoms with Crippen molar-refractivity contribution in [1.82, 2.24) is 20.4 Å². The Morgan fingerprint density at radius 2 is 1.86 bits per heavy atom. The van der Waals surface area contributed by atoms with Gasteiger partial charge in [-0.05, 0) is 42.7 Å². The number of fused-ring (bicyclic) bond motifs is 1. The average molecular weight is 602 g/mol. The van der Waals surface area contributed by atoms with E-state index >= 15 is 0 Å². The first-order valence-corrected chi connectivity index (χ1v) is 15.0. The lowest BCUT2D eigenvalue weighted by Gasteiger charge is -2.35. The summed E-state index contributed by atoms with van der Waals surface area (Å²) in [5.74, 6) is -1.38. The lowest BCUT2D eigenvalue weighted by Crippen LogP contribution is -2.58. The van der Waals surface area contributed by atoms with E-state index in [1.807, 2.05) is 0 Å². The zero-order valence-electron chi connectivity index (χ0n) is 24.8. The minimum absolute atomic E-state index is 0.0258. The largest absolute Gasteiger partial charge is 0.456 e. The van der Waals surface area contributed by atoms with E-state index in [0.29, 0.717) is 11.1 Å². The molecular weight excluding hydrogens is 562 g/mol. The van der Waals surface area contributed by atoms with Crippen molar-refractivity contribution < 1.29 is 42.7 Å². The second kappa shape index (κ2) is 12.7. The number of ether oxygens (including phenoxy) is 2. The first-order chi connectivity index (χ1) is 20.4. The molecule has 12 nitrogen and oxygen atoms in total. The molecule has 1 aliphatic carbocycles. The van der Waals surface area contributed by atoms with Crippen molar-refractivity contribution in [3.63, 3.8) is 0 Å². The topological polar surface area (TPSA) is 147 Å². The molecule has 1 aromatic rings. The maximum absolute atomic E-state index is 14.2. The van der Waals surface area contributed by atoms with Gasteiger partial charge in [-0.1, -0.05) is 32.9 Å². The molecule has 234 valence electrons. The Balaban J connectivity index is 1.30. The SMILES string of the molecule is CC(C)(C)[C@H](NC(=O)OC1CCCC1)C(=O)N1C[C@H](OC(=O)N2Cc3cccc(F)c3C2)C[C@H]1C(=O)N[C@H]1COB(O)C1. The van der Waals surface area contributed by atoms with Gasteiger partial charge in [0.25, 0.3) is 0 Å². The zero-order chi connectivity index (χ0) is 30.9. The molecule has 0 aromatic heterocycles. The molecule has 3 N–H and O–H groups in total. The Kier molecular flexibility index (Phi) is 9.16. The van der Waals surface area contributed by atoms with Crippen LogP contribution in [0.4, 0.5) is 14.0 Å². The molecule has 1 saturated carbocycles. The Bertz CT molecular complexity index is 1240. The molecule has 5 rings (SSSR count). The maximum atomic E-state index is 14.2. The Morgan fingerprint density at radius 3 is 2.51 bits per heavy atom. The molecule has 3 aliphatic heterocycles. The highest BCUT2D eigenvalue weighted by atomic mass is 19.1. The Labute approximate surface area is 250 Å². The molecule has 2 saturated heterocycles. The molecular formula is C29H40BFN4O8. The number of hydrogen-bond donors (Lipinski definition) is 3. The lowest BCUT2D eigenvalue weighted by molar-refractivity contribution is -0.142. The Morgan fingerprint density at radius 1 is 1.12 bits per heavy atom. The van der Waals surface area contributed by atoms with Gasteiger partial charge in [0.15, 0.2) is 0 Å². The molecule has 0 spiro atoms. The summed E-state index contributed by atoms with van der Waals surface area (Å²) in [5, 5.41) is 15.3. The van der Waals surface area contributed by atoms with Gasteiger partial charge in [-0.15, -0.1) is 0 Å². The number of likely N-dealkylation sites (tertiary alicyclic amines) is 1. The first kappa shape index (κ1) is 31.1. The number of nitrogens with zero attached hydrogens (tertiary/aromatic N) is 2. The van der Waals surface area contributed by atoms with E-state index in [2.05, 4.69) is 10.6 Å². The van der Waals surface area contributed by atoms with Crippen LogP contribution in [0.1, 0.15) is 64.0 Å². The smallest absolute Gasteiger partial charge is 0.446 e. The second-order valence-corrected chi connectivity index (χ2v) is 13.0. The number of carbonyl (C=O) groups excluding carboxylic acids is 4. The fourth-order valence-electron chi connectivity index (χ4n) is 6.23. The zero-order valence-corrected chi connectivity index (χ0v) is 24.8. The lowest BCUT2D eigenvalue weighted by atomic mass is 9.85. The molecule has 43 heavy (non-hydrogen) atoms. The second-order valence-electron chi connectivity index (χ2n) is 13.0. The summed E-state index contributed by atoms with van der Waals surface area (Å²) in [7, 11) is -0.991. The highest BCUT2D eigenvalue weighted by Crippen LogP contribution is 2.30. The summed E-state index contributed by atoms with van der Waals surface area (Å²) in [6, 6.07) is 2.20. The average Bonchev–Trinajstić information content (AvgIpc) is 3.74. The summed E-state index contributed by atoms with van der Waals surface area (Å²) in [6.45, 7) is 5.70. The number of alkyl carbamates (subject to hydrolysis) is 1. The molecule has 0 radical (unpaired) electrons. The fraction of sp³-hybridized carbons (Fsp3) is 0.655. The van der Waals surface area contributed by atoms with Crippen molar-refractivity contribution in [2.75, 3.05) is 13.2 Å². The maximum Gasteiger partial charge on any atom is 0.456 e. The minimum atomic E-state index is -1.03. The van der Waals surface area contributed by atoms with Gasteiger partial charge in [-0.2, -0.15) is 0 Å². The summed E-state index contributed by atoms with van der Waals surface area (Å²) < 4.78 is 30.7. The quantitative estimate of drug-likeness (QED) is 0.421. The predicted molar refractivity (Wildman–Crippen MR) is 152 cm³/mol. The highest BCUT2D eigenvalue weighted by Gasteiger charge is 2.47. The number of amides is 4.